The molecule has 96 valence electrons. The number of nitrogens with two attached hydrogens (primary N) is 1. The molecule has 1 amide bonds. The third kappa shape index (κ3) is 3.55. The molecule has 0 aliphatic carbocycles. The molecule has 3 N–H and O–H groups in total. The zero-order valence-corrected chi connectivity index (χ0v) is 10.6. The van der Waals surface area contributed by atoms with Gasteiger partial charge in [0.15, 0.2) is 0 Å². The van der Waals surface area contributed by atoms with Crippen molar-refractivity contribution in [3.05, 3.63) is 29.3 Å². The lowest BCUT2D eigenvalue weighted by atomic mass is 10.2. The second-order valence-electron chi connectivity index (χ2n) is 3.71. The minimum absolute atomic E-state index is 0.0445. The lowest BCUT2D eigenvalue weighted by molar-refractivity contribution is -0.117. The zero-order chi connectivity index (χ0) is 13.8. The van der Waals surface area contributed by atoms with Crippen molar-refractivity contribution in [3.63, 3.8) is 0 Å². The van der Waals surface area contributed by atoms with Gasteiger partial charge >= 0.3 is 0 Å². The maximum atomic E-state index is 11.9. The lowest BCUT2D eigenvalue weighted by Gasteiger charge is -2.08. The number of hydrogen-bond acceptors (Lipinski definition) is 4. The van der Waals surface area contributed by atoms with E-state index in [0.717, 1.165) is 0 Å². The highest BCUT2D eigenvalue weighted by atomic mass is 32.2. The fourth-order valence-corrected chi connectivity index (χ4v) is 2.66. The zero-order valence-electron chi connectivity index (χ0n) is 9.80. The van der Waals surface area contributed by atoms with E-state index in [4.69, 9.17) is 11.0 Å². The third-order valence-electron chi connectivity index (χ3n) is 2.26. The Morgan fingerprint density at radius 2 is 2.17 bits per heavy atom. The summed E-state index contributed by atoms with van der Waals surface area (Å²) >= 11 is 0. The minimum atomic E-state index is -3.68. The summed E-state index contributed by atoms with van der Waals surface area (Å²) in [7, 11) is -3.68. The Hall–Kier alpha value is -1.91. The fraction of sp³-hybridized carbons (Fsp3) is 0.273. The Balaban J connectivity index is 2.92. The van der Waals surface area contributed by atoms with E-state index in [1.807, 2.05) is 6.07 Å². The summed E-state index contributed by atoms with van der Waals surface area (Å²) in [5.41, 5.74) is 5.78. The Kier molecular flexibility index (Phi) is 4.42. The standard InChI is InChI=1S/C11H13N3O3S/c1-8-6-9(7-12)2-3-10(8)18(16,17)14-5-4-11(13)15/h2-3,6,14H,4-5H2,1H3,(H2,13,15). The number of primary amides is 1. The van der Waals surface area contributed by atoms with Gasteiger partial charge in [0.2, 0.25) is 15.9 Å². The fourth-order valence-electron chi connectivity index (χ4n) is 1.41. The van der Waals surface area contributed by atoms with Crippen molar-refractivity contribution in [3.8, 4) is 6.07 Å². The molecule has 0 radical (unpaired) electrons. The monoisotopic (exact) mass is 267 g/mol. The highest BCUT2D eigenvalue weighted by Crippen LogP contribution is 2.16. The highest BCUT2D eigenvalue weighted by Gasteiger charge is 2.16. The van der Waals surface area contributed by atoms with E-state index in [9.17, 15) is 13.2 Å². The predicted octanol–water partition coefficient (Wildman–Crippen LogP) is 0.0204. The molecule has 0 spiro atoms. The molecular weight excluding hydrogens is 254 g/mol. The van der Waals surface area contributed by atoms with Crippen LogP contribution in [0.25, 0.3) is 0 Å². The number of benzene rings is 1. The average Bonchev–Trinajstić information content (AvgIpc) is 2.27. The van der Waals surface area contributed by atoms with Crippen molar-refractivity contribution in [1.82, 2.24) is 4.72 Å². The number of hydrogen-bond donors (Lipinski definition) is 2. The van der Waals surface area contributed by atoms with E-state index >= 15 is 0 Å². The first-order valence-electron chi connectivity index (χ1n) is 5.15. The summed E-state index contributed by atoms with van der Waals surface area (Å²) < 4.78 is 26.0. The molecule has 6 nitrogen and oxygen atoms in total. The molecule has 0 saturated carbocycles. The smallest absolute Gasteiger partial charge is 0.240 e. The number of rotatable bonds is 5. The molecule has 0 fully saturated rings. The van der Waals surface area contributed by atoms with Gasteiger partial charge in [-0.05, 0) is 30.7 Å². The van der Waals surface area contributed by atoms with Crippen LogP contribution >= 0.6 is 0 Å². The van der Waals surface area contributed by atoms with Crippen LogP contribution in [0.2, 0.25) is 0 Å². The van der Waals surface area contributed by atoms with E-state index in [1.54, 1.807) is 6.92 Å². The van der Waals surface area contributed by atoms with Gasteiger partial charge in [0.05, 0.1) is 16.5 Å². The van der Waals surface area contributed by atoms with Gasteiger partial charge in [0.1, 0.15) is 0 Å². The molecule has 0 atom stereocenters. The minimum Gasteiger partial charge on any atom is -0.370 e. The van der Waals surface area contributed by atoms with Gasteiger partial charge in [-0.15, -0.1) is 0 Å². The number of aryl methyl sites for hydroxylation is 1. The van der Waals surface area contributed by atoms with E-state index in [0.29, 0.717) is 11.1 Å². The molecule has 0 aromatic heterocycles. The van der Waals surface area contributed by atoms with Crippen molar-refractivity contribution >= 4 is 15.9 Å². The summed E-state index contributed by atoms with van der Waals surface area (Å²) in [5.74, 6) is -0.575. The van der Waals surface area contributed by atoms with Crippen LogP contribution in [-0.4, -0.2) is 20.9 Å². The molecule has 0 aliphatic rings. The van der Waals surface area contributed by atoms with Gasteiger partial charge in [-0.25, -0.2) is 13.1 Å². The summed E-state index contributed by atoms with van der Waals surface area (Å²) in [6.45, 7) is 1.56. The first-order chi connectivity index (χ1) is 8.36. The Morgan fingerprint density at radius 3 is 2.67 bits per heavy atom. The van der Waals surface area contributed by atoms with Crippen LogP contribution in [0.3, 0.4) is 0 Å². The number of carbonyl (C=O) groups is 1. The molecule has 1 rings (SSSR count). The summed E-state index contributed by atoms with van der Waals surface area (Å²) in [4.78, 5) is 10.6. The van der Waals surface area contributed by atoms with E-state index in [-0.39, 0.29) is 17.9 Å². The quantitative estimate of drug-likeness (QED) is 0.782. The second kappa shape index (κ2) is 5.62. The first-order valence-corrected chi connectivity index (χ1v) is 6.64. The maximum Gasteiger partial charge on any atom is 0.240 e. The van der Waals surface area contributed by atoms with Gasteiger partial charge in [-0.1, -0.05) is 0 Å². The lowest BCUT2D eigenvalue weighted by Crippen LogP contribution is -2.28. The van der Waals surface area contributed by atoms with E-state index < -0.39 is 15.9 Å². The van der Waals surface area contributed by atoms with Gasteiger partial charge in [-0.3, -0.25) is 4.79 Å². The number of nitrogens with one attached hydrogen (secondary N) is 1. The highest BCUT2D eigenvalue weighted by molar-refractivity contribution is 7.89. The van der Waals surface area contributed by atoms with Crippen molar-refractivity contribution in [1.29, 1.82) is 5.26 Å². The molecule has 0 unspecified atom stereocenters. The number of nitriles is 1. The second-order valence-corrected chi connectivity index (χ2v) is 5.44. The Labute approximate surface area is 105 Å². The predicted molar refractivity (Wildman–Crippen MR) is 64.9 cm³/mol. The van der Waals surface area contributed by atoms with Crippen LogP contribution in [0.1, 0.15) is 17.5 Å². The molecule has 0 saturated heterocycles. The SMILES string of the molecule is Cc1cc(C#N)ccc1S(=O)(=O)NCCC(N)=O. The van der Waals surface area contributed by atoms with Crippen molar-refractivity contribution in [2.24, 2.45) is 5.73 Å². The van der Waals surface area contributed by atoms with Crippen LogP contribution < -0.4 is 10.5 Å². The first kappa shape index (κ1) is 14.2. The van der Waals surface area contributed by atoms with Gasteiger partial charge < -0.3 is 5.73 Å². The van der Waals surface area contributed by atoms with Crippen molar-refractivity contribution < 1.29 is 13.2 Å². The molecule has 0 aliphatic heterocycles. The normalized spacial score (nSPS) is 10.9. The van der Waals surface area contributed by atoms with Gasteiger partial charge in [0, 0.05) is 13.0 Å². The Morgan fingerprint density at radius 1 is 1.50 bits per heavy atom. The molecular formula is C11H13N3O3S. The van der Waals surface area contributed by atoms with Crippen molar-refractivity contribution in [2.75, 3.05) is 6.54 Å². The molecule has 1 aromatic carbocycles. The number of sulfonamides is 1. The number of carbonyl (C=O) groups excluding carboxylic acids is 1. The number of amides is 1. The summed E-state index contributed by atoms with van der Waals surface area (Å²) in [6.07, 6.45) is -0.0610. The molecule has 7 heteroatoms. The Bertz CT molecular complexity index is 602. The number of nitrogens with zero attached hydrogens (tertiary/aromatic N) is 1. The van der Waals surface area contributed by atoms with Crippen LogP contribution in [-0.2, 0) is 14.8 Å². The molecule has 1 aromatic rings. The van der Waals surface area contributed by atoms with Crippen LogP contribution in [0, 0.1) is 18.3 Å². The van der Waals surface area contributed by atoms with E-state index in [2.05, 4.69) is 4.72 Å². The summed E-state index contributed by atoms with van der Waals surface area (Å²) in [6, 6.07) is 6.20. The van der Waals surface area contributed by atoms with Crippen molar-refractivity contribution in [2.45, 2.75) is 18.2 Å². The average molecular weight is 267 g/mol. The topological polar surface area (TPSA) is 113 Å². The van der Waals surface area contributed by atoms with E-state index in [1.165, 1.54) is 18.2 Å². The largest absolute Gasteiger partial charge is 0.370 e. The third-order valence-corrected chi connectivity index (χ3v) is 3.88. The van der Waals surface area contributed by atoms with Gasteiger partial charge in [0.25, 0.3) is 0 Å². The molecule has 0 heterocycles. The van der Waals surface area contributed by atoms with Crippen LogP contribution in [0.5, 0.6) is 0 Å². The van der Waals surface area contributed by atoms with Crippen LogP contribution in [0.4, 0.5) is 0 Å². The maximum absolute atomic E-state index is 11.9. The van der Waals surface area contributed by atoms with Gasteiger partial charge in [-0.2, -0.15) is 5.26 Å². The molecule has 0 bridgehead atoms. The van der Waals surface area contributed by atoms with Crippen LogP contribution in [0.15, 0.2) is 23.1 Å². The summed E-state index contributed by atoms with van der Waals surface area (Å²) in [5, 5.41) is 8.69. The molecule has 18 heavy (non-hydrogen) atoms.